The van der Waals surface area contributed by atoms with E-state index >= 15 is 0 Å². The smallest absolute Gasteiger partial charge is 0.307 e. The van der Waals surface area contributed by atoms with Crippen LogP contribution in [0.5, 0.6) is 0 Å². The molecule has 0 saturated carbocycles. The Kier molecular flexibility index (Phi) is 4.65. The summed E-state index contributed by atoms with van der Waals surface area (Å²) in [5, 5.41) is 3.31. The Morgan fingerprint density at radius 1 is 0.950 bits per heavy atom. The number of anilines is 2. The van der Waals surface area contributed by atoms with E-state index in [1.807, 2.05) is 0 Å². The van der Waals surface area contributed by atoms with Crippen LogP contribution in [0.25, 0.3) is 0 Å². The van der Waals surface area contributed by atoms with Gasteiger partial charge in [0.1, 0.15) is 5.82 Å². The number of hydrogen-bond acceptors (Lipinski definition) is 2. The van der Waals surface area contributed by atoms with Crippen molar-refractivity contribution >= 4 is 40.6 Å². The van der Waals surface area contributed by atoms with E-state index in [0.717, 1.165) is 0 Å². The molecule has 0 bridgehead atoms. The van der Waals surface area contributed by atoms with E-state index in [4.69, 9.17) is 23.2 Å². The van der Waals surface area contributed by atoms with Crippen molar-refractivity contribution in [1.29, 1.82) is 0 Å². The van der Waals surface area contributed by atoms with Gasteiger partial charge in [-0.1, -0.05) is 23.2 Å². The molecule has 0 fully saturated rings. The van der Waals surface area contributed by atoms with Gasteiger partial charge < -0.3 is 5.32 Å². The molecule has 20 heavy (non-hydrogen) atoms. The Bertz CT molecular complexity index is 620. The first-order valence-electron chi connectivity index (χ1n) is 5.58. The molecule has 2 amide bonds. The summed E-state index contributed by atoms with van der Waals surface area (Å²) in [5.74, 6) is -0.351. The highest BCUT2D eigenvalue weighted by Crippen LogP contribution is 2.24. The summed E-state index contributed by atoms with van der Waals surface area (Å²) >= 11 is 11.6. The molecule has 2 rings (SSSR count). The molecule has 0 spiro atoms. The summed E-state index contributed by atoms with van der Waals surface area (Å²) in [6.07, 6.45) is 0. The highest BCUT2D eigenvalue weighted by molar-refractivity contribution is 6.42. The second-order valence-corrected chi connectivity index (χ2v) is 4.65. The van der Waals surface area contributed by atoms with Crippen molar-refractivity contribution in [2.24, 2.45) is 0 Å². The van der Waals surface area contributed by atoms with Crippen LogP contribution < -0.4 is 16.2 Å². The first-order chi connectivity index (χ1) is 9.54. The molecule has 7 heteroatoms. The first-order valence-corrected chi connectivity index (χ1v) is 6.34. The predicted molar refractivity (Wildman–Crippen MR) is 78.6 cm³/mol. The van der Waals surface area contributed by atoms with Crippen LogP contribution >= 0.6 is 23.2 Å². The summed E-state index contributed by atoms with van der Waals surface area (Å²) in [7, 11) is 0. The fourth-order valence-corrected chi connectivity index (χ4v) is 1.70. The molecule has 4 nitrogen and oxygen atoms in total. The Balaban J connectivity index is 1.89. The number of amides is 2. The first kappa shape index (κ1) is 14.4. The molecule has 104 valence electrons. The van der Waals surface area contributed by atoms with Gasteiger partial charge in [0.15, 0.2) is 0 Å². The third kappa shape index (κ3) is 4.01. The van der Waals surface area contributed by atoms with Crippen LogP contribution in [0.4, 0.5) is 20.6 Å². The monoisotopic (exact) mass is 313 g/mol. The minimum absolute atomic E-state index is 0.343. The van der Waals surface area contributed by atoms with E-state index in [9.17, 15) is 9.18 Å². The van der Waals surface area contributed by atoms with E-state index < -0.39 is 6.03 Å². The van der Waals surface area contributed by atoms with Gasteiger partial charge in [0.25, 0.3) is 0 Å². The lowest BCUT2D eigenvalue weighted by Crippen LogP contribution is -2.33. The molecule has 0 radical (unpaired) electrons. The normalized spacial score (nSPS) is 9.95. The average molecular weight is 314 g/mol. The number of carbonyl (C=O) groups excluding carboxylic acids is 1. The van der Waals surface area contributed by atoms with Gasteiger partial charge in [0.05, 0.1) is 15.7 Å². The summed E-state index contributed by atoms with van der Waals surface area (Å²) in [4.78, 5) is 11.6. The Hall–Kier alpha value is -1.98. The van der Waals surface area contributed by atoms with Crippen molar-refractivity contribution in [3.8, 4) is 0 Å². The van der Waals surface area contributed by atoms with E-state index in [1.54, 1.807) is 12.1 Å². The molecule has 2 aromatic carbocycles. The number of urea groups is 1. The van der Waals surface area contributed by atoms with Crippen molar-refractivity contribution < 1.29 is 9.18 Å². The van der Waals surface area contributed by atoms with Crippen molar-refractivity contribution in [1.82, 2.24) is 5.43 Å². The van der Waals surface area contributed by atoms with Crippen LogP contribution in [-0.4, -0.2) is 6.03 Å². The second kappa shape index (κ2) is 6.45. The van der Waals surface area contributed by atoms with Crippen LogP contribution in [0.15, 0.2) is 42.5 Å². The van der Waals surface area contributed by atoms with Gasteiger partial charge in [0, 0.05) is 5.69 Å². The van der Waals surface area contributed by atoms with E-state index in [2.05, 4.69) is 16.2 Å². The zero-order chi connectivity index (χ0) is 14.5. The maximum atomic E-state index is 12.7. The van der Waals surface area contributed by atoms with Gasteiger partial charge in [-0.15, -0.1) is 0 Å². The zero-order valence-electron chi connectivity index (χ0n) is 10.1. The van der Waals surface area contributed by atoms with E-state index in [1.165, 1.54) is 30.3 Å². The van der Waals surface area contributed by atoms with Crippen molar-refractivity contribution in [3.63, 3.8) is 0 Å². The molecule has 0 heterocycles. The molecule has 0 aliphatic carbocycles. The molecule has 2 aromatic rings. The van der Waals surface area contributed by atoms with Gasteiger partial charge in [-0.05, 0) is 42.5 Å². The minimum atomic E-state index is -0.493. The van der Waals surface area contributed by atoms with Crippen LogP contribution in [0.1, 0.15) is 0 Å². The lowest BCUT2D eigenvalue weighted by atomic mass is 10.3. The fraction of sp³-hybridized carbons (Fsp3) is 0. The molecule has 0 unspecified atom stereocenters. The van der Waals surface area contributed by atoms with Crippen LogP contribution in [0.3, 0.4) is 0 Å². The van der Waals surface area contributed by atoms with Crippen molar-refractivity contribution in [2.45, 2.75) is 0 Å². The molecule has 0 saturated heterocycles. The molecule has 3 N–H and O–H groups in total. The molecule has 0 atom stereocenters. The van der Waals surface area contributed by atoms with Crippen molar-refractivity contribution in [3.05, 3.63) is 58.3 Å². The predicted octanol–water partition coefficient (Wildman–Crippen LogP) is 4.28. The quantitative estimate of drug-likeness (QED) is 0.741. The van der Waals surface area contributed by atoms with Gasteiger partial charge >= 0.3 is 6.03 Å². The summed E-state index contributed by atoms with van der Waals surface area (Å²) in [5.41, 5.74) is 6.08. The number of rotatable bonds is 3. The number of benzene rings is 2. The Labute approximate surface area is 124 Å². The molecule has 0 aliphatic rings. The summed E-state index contributed by atoms with van der Waals surface area (Å²) in [6, 6.07) is 9.78. The van der Waals surface area contributed by atoms with Gasteiger partial charge in [-0.3, -0.25) is 10.9 Å². The minimum Gasteiger partial charge on any atom is -0.307 e. The lowest BCUT2D eigenvalue weighted by Gasteiger charge is -2.10. The summed E-state index contributed by atoms with van der Waals surface area (Å²) in [6.45, 7) is 0. The standard InChI is InChI=1S/C13H10Cl2FN3O/c14-11-6-5-10(7-12(11)15)17-13(20)19-18-9-3-1-8(16)2-4-9/h1-7,18H,(H2,17,19,20). The van der Waals surface area contributed by atoms with Gasteiger partial charge in [0.2, 0.25) is 0 Å². The topological polar surface area (TPSA) is 53.2 Å². The Morgan fingerprint density at radius 3 is 2.25 bits per heavy atom. The second-order valence-electron chi connectivity index (χ2n) is 3.84. The highest BCUT2D eigenvalue weighted by atomic mass is 35.5. The number of carbonyl (C=O) groups is 1. The largest absolute Gasteiger partial charge is 0.337 e. The number of hydrogen-bond donors (Lipinski definition) is 3. The number of hydrazine groups is 1. The SMILES string of the molecule is O=C(NNc1ccc(F)cc1)Nc1ccc(Cl)c(Cl)c1. The Morgan fingerprint density at radius 2 is 1.60 bits per heavy atom. The summed E-state index contributed by atoms with van der Waals surface area (Å²) < 4.78 is 12.7. The van der Waals surface area contributed by atoms with Crippen LogP contribution in [0.2, 0.25) is 10.0 Å². The molecular weight excluding hydrogens is 304 g/mol. The third-order valence-corrected chi connectivity index (χ3v) is 3.08. The van der Waals surface area contributed by atoms with E-state index in [0.29, 0.717) is 21.4 Å². The molecule has 0 aliphatic heterocycles. The lowest BCUT2D eigenvalue weighted by molar-refractivity contribution is 0.254. The third-order valence-electron chi connectivity index (χ3n) is 2.34. The maximum absolute atomic E-state index is 12.7. The van der Waals surface area contributed by atoms with Crippen LogP contribution in [-0.2, 0) is 0 Å². The van der Waals surface area contributed by atoms with E-state index in [-0.39, 0.29) is 5.82 Å². The van der Waals surface area contributed by atoms with Crippen LogP contribution in [0, 0.1) is 5.82 Å². The fourth-order valence-electron chi connectivity index (χ4n) is 1.40. The number of nitrogens with one attached hydrogen (secondary N) is 3. The molecular formula is C13H10Cl2FN3O. The van der Waals surface area contributed by atoms with Gasteiger partial charge in [-0.25, -0.2) is 9.18 Å². The average Bonchev–Trinajstić information content (AvgIpc) is 2.42. The zero-order valence-corrected chi connectivity index (χ0v) is 11.6. The maximum Gasteiger partial charge on any atom is 0.337 e. The molecule has 0 aromatic heterocycles. The van der Waals surface area contributed by atoms with Gasteiger partial charge in [-0.2, -0.15) is 0 Å². The number of halogens is 3. The highest BCUT2D eigenvalue weighted by Gasteiger charge is 2.04. The van der Waals surface area contributed by atoms with Crippen molar-refractivity contribution in [2.75, 3.05) is 10.7 Å².